The molecule has 0 fully saturated rings. The van der Waals surface area contributed by atoms with Crippen LogP contribution in [-0.2, 0) is 0 Å². The molecule has 2 atom stereocenters. The molecule has 0 aliphatic carbocycles. The summed E-state index contributed by atoms with van der Waals surface area (Å²) in [5.74, 6) is -0.138. The highest BCUT2D eigenvalue weighted by Crippen LogP contribution is 2.25. The molecule has 1 heterocycles. The van der Waals surface area contributed by atoms with Crippen molar-refractivity contribution in [3.8, 4) is 0 Å². The maximum absolute atomic E-state index is 12.3. The predicted octanol–water partition coefficient (Wildman–Crippen LogP) is 2.82. The van der Waals surface area contributed by atoms with Crippen molar-refractivity contribution in [3.05, 3.63) is 58.9 Å². The van der Waals surface area contributed by atoms with Gasteiger partial charge in [-0.05, 0) is 39.3 Å². The third-order valence-electron chi connectivity index (χ3n) is 4.05. The Morgan fingerprint density at radius 1 is 1.23 bits per heavy atom. The summed E-state index contributed by atoms with van der Waals surface area (Å²) in [4.78, 5) is 12.3. The van der Waals surface area contributed by atoms with Crippen molar-refractivity contribution in [2.45, 2.75) is 39.8 Å². The number of carbonyl (C=O) groups excluding carboxylic acids is 1. The Hall–Kier alpha value is -2.07. The lowest BCUT2D eigenvalue weighted by Crippen LogP contribution is -2.35. The van der Waals surface area contributed by atoms with Gasteiger partial charge in [-0.15, -0.1) is 0 Å². The van der Waals surface area contributed by atoms with Gasteiger partial charge in [0.1, 0.15) is 0 Å². The molecule has 4 nitrogen and oxygen atoms in total. The van der Waals surface area contributed by atoms with Crippen LogP contribution < -0.4 is 5.32 Å². The highest BCUT2D eigenvalue weighted by molar-refractivity contribution is 5.95. The van der Waals surface area contributed by atoms with E-state index in [1.807, 2.05) is 38.1 Å². The number of aliphatic hydroxyl groups excluding tert-OH is 1. The van der Waals surface area contributed by atoms with E-state index in [2.05, 4.69) is 28.9 Å². The van der Waals surface area contributed by atoms with Gasteiger partial charge in [0.2, 0.25) is 0 Å². The number of aromatic nitrogens is 1. The average Bonchev–Trinajstić information content (AvgIpc) is 2.82. The standard InChI is InChI=1S/C18H24N2O2/c1-12(11-21)19-18(22)17-10-13(2)20(15(17)4)14(3)16-8-6-5-7-9-16/h5-10,12,14,21H,11H2,1-4H3,(H,19,22). The fraction of sp³-hybridized carbons (Fsp3) is 0.389. The van der Waals surface area contributed by atoms with Gasteiger partial charge in [0.05, 0.1) is 18.2 Å². The molecule has 118 valence electrons. The van der Waals surface area contributed by atoms with Crippen molar-refractivity contribution in [2.24, 2.45) is 0 Å². The van der Waals surface area contributed by atoms with Gasteiger partial charge in [0.25, 0.3) is 5.91 Å². The molecule has 2 N–H and O–H groups in total. The summed E-state index contributed by atoms with van der Waals surface area (Å²) in [6, 6.07) is 12.1. The minimum Gasteiger partial charge on any atom is -0.394 e. The molecule has 1 aromatic heterocycles. The van der Waals surface area contributed by atoms with Crippen molar-refractivity contribution in [2.75, 3.05) is 6.61 Å². The van der Waals surface area contributed by atoms with E-state index in [0.29, 0.717) is 5.56 Å². The molecule has 2 aromatic rings. The minimum atomic E-state index is -0.248. The quantitative estimate of drug-likeness (QED) is 0.892. The SMILES string of the molecule is Cc1cc(C(=O)NC(C)CO)c(C)n1C(C)c1ccccc1. The molecule has 0 bridgehead atoms. The first-order valence-electron chi connectivity index (χ1n) is 7.60. The summed E-state index contributed by atoms with van der Waals surface area (Å²) >= 11 is 0. The summed E-state index contributed by atoms with van der Waals surface area (Å²) < 4.78 is 2.17. The Bertz CT molecular complexity index is 647. The number of carbonyl (C=O) groups is 1. The summed E-state index contributed by atoms with van der Waals surface area (Å²) in [7, 11) is 0. The molecular weight excluding hydrogens is 276 g/mol. The summed E-state index contributed by atoms with van der Waals surface area (Å²) in [5, 5.41) is 11.9. The first-order chi connectivity index (χ1) is 10.5. The molecule has 0 radical (unpaired) electrons. The molecule has 2 unspecified atom stereocenters. The molecule has 0 saturated carbocycles. The topological polar surface area (TPSA) is 54.3 Å². The maximum atomic E-state index is 12.3. The predicted molar refractivity (Wildman–Crippen MR) is 88.2 cm³/mol. The molecule has 0 aliphatic heterocycles. The van der Waals surface area contributed by atoms with Crippen molar-refractivity contribution in [1.29, 1.82) is 0 Å². The van der Waals surface area contributed by atoms with Crippen molar-refractivity contribution >= 4 is 5.91 Å². The van der Waals surface area contributed by atoms with Crippen LogP contribution in [0.3, 0.4) is 0 Å². The normalized spacial score (nSPS) is 13.7. The lowest BCUT2D eigenvalue weighted by molar-refractivity contribution is 0.0921. The summed E-state index contributed by atoms with van der Waals surface area (Å²) in [6.45, 7) is 7.82. The van der Waals surface area contributed by atoms with Crippen LogP contribution in [0.15, 0.2) is 36.4 Å². The monoisotopic (exact) mass is 300 g/mol. The number of aliphatic hydroxyl groups is 1. The molecule has 0 spiro atoms. The highest BCUT2D eigenvalue weighted by atomic mass is 16.3. The Balaban J connectivity index is 2.33. The number of hydrogen-bond acceptors (Lipinski definition) is 2. The van der Waals surface area contributed by atoms with E-state index < -0.39 is 0 Å². The molecule has 4 heteroatoms. The van der Waals surface area contributed by atoms with E-state index >= 15 is 0 Å². The Labute approximate surface area is 131 Å². The van der Waals surface area contributed by atoms with Crippen LogP contribution in [0.4, 0.5) is 0 Å². The van der Waals surface area contributed by atoms with Gasteiger partial charge in [-0.25, -0.2) is 0 Å². The van der Waals surface area contributed by atoms with Crippen LogP contribution >= 0.6 is 0 Å². The fourth-order valence-electron chi connectivity index (χ4n) is 2.83. The number of nitrogens with zero attached hydrogens (tertiary/aromatic N) is 1. The zero-order valence-corrected chi connectivity index (χ0v) is 13.6. The number of amides is 1. The third kappa shape index (κ3) is 3.22. The van der Waals surface area contributed by atoms with E-state index in [-0.39, 0.29) is 24.6 Å². The second-order valence-electron chi connectivity index (χ2n) is 5.80. The minimum absolute atomic E-state index is 0.0646. The van der Waals surface area contributed by atoms with Crippen LogP contribution in [0.2, 0.25) is 0 Å². The second kappa shape index (κ2) is 6.79. The van der Waals surface area contributed by atoms with Crippen molar-refractivity contribution in [1.82, 2.24) is 9.88 Å². The van der Waals surface area contributed by atoms with E-state index in [4.69, 9.17) is 5.11 Å². The Kier molecular flexibility index (Phi) is 5.03. The second-order valence-corrected chi connectivity index (χ2v) is 5.80. The van der Waals surface area contributed by atoms with Crippen molar-refractivity contribution in [3.63, 3.8) is 0 Å². The first kappa shape index (κ1) is 16.3. The maximum Gasteiger partial charge on any atom is 0.253 e. The van der Waals surface area contributed by atoms with Crippen LogP contribution in [0, 0.1) is 13.8 Å². The van der Waals surface area contributed by atoms with E-state index in [0.717, 1.165) is 11.4 Å². The average molecular weight is 300 g/mol. The van der Waals surface area contributed by atoms with E-state index in [1.54, 1.807) is 6.92 Å². The lowest BCUT2D eigenvalue weighted by atomic mass is 10.1. The molecule has 22 heavy (non-hydrogen) atoms. The van der Waals surface area contributed by atoms with E-state index in [1.165, 1.54) is 5.56 Å². The summed E-state index contributed by atoms with van der Waals surface area (Å²) in [5.41, 5.74) is 3.87. The number of rotatable bonds is 5. The molecule has 2 rings (SSSR count). The highest BCUT2D eigenvalue weighted by Gasteiger charge is 2.20. The molecule has 0 aliphatic rings. The van der Waals surface area contributed by atoms with Crippen LogP contribution in [0.1, 0.15) is 47.2 Å². The Morgan fingerprint density at radius 3 is 2.45 bits per heavy atom. The van der Waals surface area contributed by atoms with E-state index in [9.17, 15) is 4.79 Å². The van der Waals surface area contributed by atoms with Gasteiger partial charge in [-0.2, -0.15) is 0 Å². The molecule has 1 aromatic carbocycles. The smallest absolute Gasteiger partial charge is 0.253 e. The Morgan fingerprint density at radius 2 is 1.86 bits per heavy atom. The first-order valence-corrected chi connectivity index (χ1v) is 7.60. The lowest BCUT2D eigenvalue weighted by Gasteiger charge is -2.19. The molecule has 0 saturated heterocycles. The zero-order chi connectivity index (χ0) is 16.3. The molecule has 1 amide bonds. The van der Waals surface area contributed by atoms with Crippen molar-refractivity contribution < 1.29 is 9.90 Å². The van der Waals surface area contributed by atoms with Crippen LogP contribution in [0.5, 0.6) is 0 Å². The van der Waals surface area contributed by atoms with Gasteiger partial charge in [-0.1, -0.05) is 30.3 Å². The van der Waals surface area contributed by atoms with Crippen LogP contribution in [-0.4, -0.2) is 28.2 Å². The van der Waals surface area contributed by atoms with Gasteiger partial charge in [0.15, 0.2) is 0 Å². The zero-order valence-electron chi connectivity index (χ0n) is 13.6. The number of hydrogen-bond donors (Lipinski definition) is 2. The molecular formula is C18H24N2O2. The van der Waals surface area contributed by atoms with Crippen LogP contribution in [0.25, 0.3) is 0 Å². The number of aryl methyl sites for hydroxylation is 1. The number of benzene rings is 1. The largest absolute Gasteiger partial charge is 0.394 e. The third-order valence-corrected chi connectivity index (χ3v) is 4.05. The van der Waals surface area contributed by atoms with Gasteiger partial charge in [-0.3, -0.25) is 4.79 Å². The van der Waals surface area contributed by atoms with Gasteiger partial charge < -0.3 is 15.0 Å². The van der Waals surface area contributed by atoms with Gasteiger partial charge >= 0.3 is 0 Å². The number of nitrogens with one attached hydrogen (secondary N) is 1. The summed E-state index contributed by atoms with van der Waals surface area (Å²) in [6.07, 6.45) is 0. The van der Waals surface area contributed by atoms with Gasteiger partial charge in [0, 0.05) is 17.4 Å². The fourth-order valence-corrected chi connectivity index (χ4v) is 2.83.